The fraction of sp³-hybridized carbons (Fsp3) is 0.0833. The van der Waals surface area contributed by atoms with Crippen LogP contribution in [-0.4, -0.2) is 4.57 Å². The zero-order chi connectivity index (χ0) is 17.2. The van der Waals surface area contributed by atoms with Crippen LogP contribution < -0.4 is 24.8 Å². The molecule has 0 aliphatic carbocycles. The molecular formula is C24H21Cl2HfN. The molecule has 1 aromatic heterocycles. The molecule has 0 unspecified atom stereocenters. The summed E-state index contributed by atoms with van der Waals surface area (Å²) in [6.07, 6.45) is 2.18. The van der Waals surface area contributed by atoms with Gasteiger partial charge in [0.25, 0.3) is 0 Å². The molecule has 0 fully saturated rings. The van der Waals surface area contributed by atoms with Gasteiger partial charge in [-0.15, -0.1) is 70.8 Å². The minimum absolute atomic E-state index is 0. The fourth-order valence-electron chi connectivity index (χ4n) is 3.36. The Bertz CT molecular complexity index is 1070. The van der Waals surface area contributed by atoms with Gasteiger partial charge in [-0.25, -0.2) is 0 Å². The molecule has 5 aromatic rings. The van der Waals surface area contributed by atoms with E-state index in [1.54, 1.807) is 0 Å². The Hall–Kier alpha value is -1.61. The third-order valence-corrected chi connectivity index (χ3v) is 4.58. The van der Waals surface area contributed by atoms with Crippen molar-refractivity contribution >= 4 is 21.5 Å². The molecule has 0 radical (unpaired) electrons. The van der Waals surface area contributed by atoms with Gasteiger partial charge in [-0.1, -0.05) is 12.1 Å². The van der Waals surface area contributed by atoms with E-state index in [9.17, 15) is 0 Å². The Morgan fingerprint density at radius 2 is 1.39 bits per heavy atom. The van der Waals surface area contributed by atoms with Crippen molar-refractivity contribution in [2.75, 3.05) is 0 Å². The third kappa shape index (κ3) is 5.26. The molecule has 4 aromatic carbocycles. The van der Waals surface area contributed by atoms with Crippen molar-refractivity contribution in [1.82, 2.24) is 4.57 Å². The molecule has 0 atom stereocenters. The van der Waals surface area contributed by atoms with Crippen LogP contribution in [0.3, 0.4) is 0 Å². The van der Waals surface area contributed by atoms with Gasteiger partial charge < -0.3 is 29.4 Å². The van der Waals surface area contributed by atoms with Crippen molar-refractivity contribution < 1.29 is 50.7 Å². The van der Waals surface area contributed by atoms with Gasteiger partial charge >= 0.3 is 25.8 Å². The summed E-state index contributed by atoms with van der Waals surface area (Å²) in [7, 11) is 0. The molecule has 0 saturated heterocycles. The third-order valence-electron chi connectivity index (χ3n) is 4.58. The van der Waals surface area contributed by atoms with Crippen LogP contribution in [0.5, 0.6) is 0 Å². The first kappa shape index (κ1) is 24.4. The molecule has 4 heteroatoms. The van der Waals surface area contributed by atoms with Gasteiger partial charge in [-0.2, -0.15) is 17.5 Å². The number of rotatable bonds is 1. The Balaban J connectivity index is 0.000000284. The molecule has 5 rings (SSSR count). The summed E-state index contributed by atoms with van der Waals surface area (Å²) in [6.45, 7) is 4.27. The van der Waals surface area contributed by atoms with E-state index >= 15 is 0 Å². The van der Waals surface area contributed by atoms with Gasteiger partial charge in [0.05, 0.1) is 0 Å². The second-order valence-corrected chi connectivity index (χ2v) is 6.53. The molecular weight excluding hydrogens is 552 g/mol. The molecule has 0 bridgehead atoms. The van der Waals surface area contributed by atoms with Crippen LogP contribution in [-0.2, 0) is 25.8 Å². The van der Waals surface area contributed by atoms with Crippen LogP contribution >= 0.6 is 0 Å². The molecule has 0 spiro atoms. The van der Waals surface area contributed by atoms with Crippen LogP contribution in [0.2, 0.25) is 0 Å². The average Bonchev–Trinajstić information content (AvgIpc) is 3.32. The van der Waals surface area contributed by atoms with Gasteiger partial charge in [0.2, 0.25) is 0 Å². The SMILES string of the molecule is Cc1cc(C)n(-c2cc3ccccc3[cH-]2)c1.[Cl-].[Cl-].[Hf+4].c1ccc2[cH-]ccc2c1. The predicted octanol–water partition coefficient (Wildman–Crippen LogP) is 0.530. The Labute approximate surface area is 197 Å². The maximum atomic E-state index is 2.25. The molecule has 0 amide bonds. The smallest absolute Gasteiger partial charge is 1.00 e. The summed E-state index contributed by atoms with van der Waals surface area (Å²) in [5.41, 5.74) is 3.85. The average molecular weight is 573 g/mol. The van der Waals surface area contributed by atoms with Crippen molar-refractivity contribution in [3.63, 3.8) is 0 Å². The monoisotopic (exact) mass is 573 g/mol. The summed E-state index contributed by atoms with van der Waals surface area (Å²) < 4.78 is 2.25. The second kappa shape index (κ2) is 10.8. The van der Waals surface area contributed by atoms with E-state index in [0.717, 1.165) is 0 Å². The first-order valence-corrected chi connectivity index (χ1v) is 8.62. The number of halogens is 2. The first-order chi connectivity index (χ1) is 12.2. The first-order valence-electron chi connectivity index (χ1n) is 8.62. The Kier molecular flexibility index (Phi) is 9.43. The summed E-state index contributed by atoms with van der Waals surface area (Å²) in [5.74, 6) is 0. The van der Waals surface area contributed by atoms with Crippen molar-refractivity contribution in [3.05, 3.63) is 102 Å². The van der Waals surface area contributed by atoms with Crippen LogP contribution in [0.15, 0.2) is 91.1 Å². The maximum Gasteiger partial charge on any atom is 4.00 e. The summed E-state index contributed by atoms with van der Waals surface area (Å²) in [6, 6.07) is 29.8. The second-order valence-electron chi connectivity index (χ2n) is 6.53. The number of aryl methyl sites for hydroxylation is 2. The van der Waals surface area contributed by atoms with Crippen LogP contribution in [0.4, 0.5) is 0 Å². The zero-order valence-corrected chi connectivity index (χ0v) is 21.0. The standard InChI is InChI=1S/C15H14N.C9H7.2ClH.Hf/c1-11-7-12(2)16(10-11)15-8-13-5-3-4-6-14(13)9-15;1-2-5-9-7-3-6-8(9)4-1;;;/h3-10H,1-2H3;1-7H;2*1H;/q2*-1;;;+4/p-2. The fourth-order valence-corrected chi connectivity index (χ4v) is 3.36. The molecule has 0 aliphatic heterocycles. The number of fused-ring (bicyclic) bond motifs is 2. The van der Waals surface area contributed by atoms with E-state index in [0.29, 0.717) is 0 Å². The van der Waals surface area contributed by atoms with Crippen molar-refractivity contribution in [3.8, 4) is 5.69 Å². The van der Waals surface area contributed by atoms with Crippen LogP contribution in [0.1, 0.15) is 11.3 Å². The quantitative estimate of drug-likeness (QED) is 0.204. The zero-order valence-electron chi connectivity index (χ0n) is 15.9. The molecule has 140 valence electrons. The van der Waals surface area contributed by atoms with Crippen molar-refractivity contribution in [2.45, 2.75) is 13.8 Å². The minimum atomic E-state index is 0. The summed E-state index contributed by atoms with van der Waals surface area (Å²) in [5, 5.41) is 5.28. The van der Waals surface area contributed by atoms with Crippen LogP contribution in [0.25, 0.3) is 27.2 Å². The largest absolute Gasteiger partial charge is 4.00 e. The van der Waals surface area contributed by atoms with Crippen molar-refractivity contribution in [1.29, 1.82) is 0 Å². The van der Waals surface area contributed by atoms with Gasteiger partial charge in [0.1, 0.15) is 0 Å². The summed E-state index contributed by atoms with van der Waals surface area (Å²) in [4.78, 5) is 0. The maximum absolute atomic E-state index is 2.25. The number of benzene rings is 2. The van der Waals surface area contributed by atoms with Gasteiger partial charge in [-0.3, -0.25) is 0 Å². The molecule has 1 heterocycles. The van der Waals surface area contributed by atoms with Crippen molar-refractivity contribution in [2.24, 2.45) is 0 Å². The van der Waals surface area contributed by atoms with E-state index < -0.39 is 0 Å². The molecule has 1 nitrogen and oxygen atoms in total. The van der Waals surface area contributed by atoms with E-state index in [2.05, 4.69) is 110 Å². The Morgan fingerprint density at radius 1 is 0.750 bits per heavy atom. The van der Waals surface area contributed by atoms with Crippen LogP contribution in [0, 0.1) is 13.8 Å². The summed E-state index contributed by atoms with van der Waals surface area (Å²) >= 11 is 0. The number of nitrogens with zero attached hydrogens (tertiary/aromatic N) is 1. The molecule has 0 saturated carbocycles. The minimum Gasteiger partial charge on any atom is -1.00 e. The topological polar surface area (TPSA) is 4.93 Å². The van der Waals surface area contributed by atoms with E-state index in [1.165, 1.54) is 38.5 Å². The molecule has 0 aliphatic rings. The van der Waals surface area contributed by atoms with E-state index in [-0.39, 0.29) is 50.7 Å². The number of hydrogen-bond acceptors (Lipinski definition) is 0. The Morgan fingerprint density at radius 3 is 2.00 bits per heavy atom. The van der Waals surface area contributed by atoms with Gasteiger partial charge in [0, 0.05) is 11.9 Å². The van der Waals surface area contributed by atoms with E-state index in [1.807, 2.05) is 0 Å². The van der Waals surface area contributed by atoms with Gasteiger partial charge in [0.15, 0.2) is 0 Å². The number of aromatic nitrogens is 1. The number of hydrogen-bond donors (Lipinski definition) is 0. The predicted molar refractivity (Wildman–Crippen MR) is 108 cm³/mol. The van der Waals surface area contributed by atoms with E-state index in [4.69, 9.17) is 0 Å². The normalized spacial score (nSPS) is 9.64. The molecule has 28 heavy (non-hydrogen) atoms. The van der Waals surface area contributed by atoms with Gasteiger partial charge in [-0.05, 0) is 31.2 Å². The molecule has 0 N–H and O–H groups in total.